The molecule has 1 aliphatic rings. The van der Waals surface area contributed by atoms with Gasteiger partial charge in [0.05, 0.1) is 0 Å². The molecule has 23 heavy (non-hydrogen) atoms. The zero-order valence-electron chi connectivity index (χ0n) is 15.4. The van der Waals surface area contributed by atoms with E-state index in [1.54, 1.807) is 14.2 Å². The minimum absolute atomic E-state index is 0.00972. The summed E-state index contributed by atoms with van der Waals surface area (Å²) in [5, 5.41) is 0. The van der Waals surface area contributed by atoms with Gasteiger partial charge in [-0.3, -0.25) is 0 Å². The molecule has 1 unspecified atom stereocenters. The Morgan fingerprint density at radius 1 is 1.13 bits per heavy atom. The fourth-order valence-electron chi connectivity index (χ4n) is 4.50. The van der Waals surface area contributed by atoms with Gasteiger partial charge in [0, 0.05) is 0 Å². The second-order valence-corrected chi connectivity index (χ2v) is 52.9. The first-order valence-corrected chi connectivity index (χ1v) is 24.3. The summed E-state index contributed by atoms with van der Waals surface area (Å²) in [4.78, 5) is 0. The molecule has 0 saturated heterocycles. The molecule has 2 rings (SSSR count). The molecule has 0 fully saturated rings. The van der Waals surface area contributed by atoms with Crippen LogP contribution < -0.4 is 3.26 Å². The van der Waals surface area contributed by atoms with Crippen LogP contribution in [0.1, 0.15) is 35.5 Å². The molecule has 1 N–H and O–H groups in total. The van der Waals surface area contributed by atoms with Crippen LogP contribution in [-0.4, -0.2) is 26.6 Å². The summed E-state index contributed by atoms with van der Waals surface area (Å²) < 4.78 is 22.5. The Morgan fingerprint density at radius 3 is 2.13 bits per heavy atom. The first-order valence-electron chi connectivity index (χ1n) is 8.04. The fourth-order valence-corrected chi connectivity index (χ4v) is 34.6. The summed E-state index contributed by atoms with van der Waals surface area (Å²) in [7, 11) is 3.58. The van der Waals surface area contributed by atoms with Crippen molar-refractivity contribution in [1.82, 2.24) is 3.26 Å². The molecule has 1 aromatic rings. The van der Waals surface area contributed by atoms with Gasteiger partial charge < -0.3 is 0 Å². The van der Waals surface area contributed by atoms with E-state index in [9.17, 15) is 0 Å². The van der Waals surface area contributed by atoms with Crippen LogP contribution in [0.2, 0.25) is 9.26 Å². The Balaban J connectivity index is 2.94. The Kier molecular flexibility index (Phi) is 3.93. The second kappa shape index (κ2) is 4.57. The molecule has 0 bridgehead atoms. The van der Waals surface area contributed by atoms with E-state index in [2.05, 4.69) is 79.6 Å². The molecule has 0 aliphatic heterocycles. The summed E-state index contributed by atoms with van der Waals surface area (Å²) in [6.45, 7) is 8.40. The molecule has 0 aromatic heterocycles. The number of halogens is 1. The van der Waals surface area contributed by atoms with Crippen molar-refractivity contribution in [1.29, 1.82) is 0 Å². The number of hydrogen-bond acceptors (Lipinski definition) is 3. The number of allylic oxidation sites excluding steroid dienone is 1. The van der Waals surface area contributed by atoms with Crippen molar-refractivity contribution in [2.75, 3.05) is 14.2 Å². The van der Waals surface area contributed by atoms with Crippen molar-refractivity contribution in [2.24, 2.45) is 0 Å². The van der Waals surface area contributed by atoms with E-state index in [1.807, 2.05) is 6.88 Å². The van der Waals surface area contributed by atoms with Crippen LogP contribution in [-0.2, 0) is 21.2 Å². The molecule has 0 radical (unpaired) electrons. The third-order valence-corrected chi connectivity index (χ3v) is 34.3. The van der Waals surface area contributed by atoms with Crippen molar-refractivity contribution < 1.29 is 21.2 Å². The fraction of sp³-hybridized carbons (Fsp3) is 0.529. The number of benzene rings is 1. The minimum atomic E-state index is -5.35. The molecular weight excluding hydrogens is 449 g/mol. The first kappa shape index (κ1) is 19.7. The van der Waals surface area contributed by atoms with Crippen LogP contribution >= 0.6 is 15.9 Å². The van der Waals surface area contributed by atoms with Crippen molar-refractivity contribution in [3.63, 3.8) is 0 Å². The Labute approximate surface area is 145 Å². The van der Waals surface area contributed by atoms with Crippen molar-refractivity contribution in [3.8, 4) is 0 Å². The van der Waals surface area contributed by atoms with Crippen LogP contribution in [0.4, 0.5) is 0 Å². The van der Waals surface area contributed by atoms with E-state index >= 15 is 0 Å². The Morgan fingerprint density at radius 2 is 1.65 bits per heavy atom. The van der Waals surface area contributed by atoms with E-state index in [4.69, 9.17) is 5.63 Å². The quantitative estimate of drug-likeness (QED) is 0.653. The van der Waals surface area contributed by atoms with Gasteiger partial charge in [-0.05, 0) is 0 Å². The summed E-state index contributed by atoms with van der Waals surface area (Å²) in [5.41, 5.74) is 2.31. The predicted molar refractivity (Wildman–Crippen MR) is 103 cm³/mol. The monoisotopic (exact) mass is 477 g/mol. The van der Waals surface area contributed by atoms with Gasteiger partial charge in [0.15, 0.2) is 0 Å². The molecule has 0 heterocycles. The van der Waals surface area contributed by atoms with E-state index < -0.39 is 15.6 Å². The second-order valence-electron chi connectivity index (χ2n) is 9.81. The van der Waals surface area contributed by atoms with Gasteiger partial charge in [0.2, 0.25) is 0 Å². The molecule has 0 saturated carbocycles. The van der Waals surface area contributed by atoms with Crippen LogP contribution in [0.15, 0.2) is 28.7 Å². The standard InChI is InChI=1S/C9H6Br.C4H10N.2CH3O.2CH3.H2Si.Zr/c10-9-5-7-3-1-2-4-8(7)6-9;1-4(2,3)5;2*1-2;;;;/h1-6H;5H,1-3H3;2*1H3;2*1H3;1H2;/q;3*-1;;;;+3. The Hall–Kier alpha value is 0.420. The maximum absolute atomic E-state index is 6.54. The van der Waals surface area contributed by atoms with Gasteiger partial charge in [-0.15, -0.1) is 0 Å². The summed E-state index contributed by atoms with van der Waals surface area (Å²) >= 11 is -1.52. The van der Waals surface area contributed by atoms with Gasteiger partial charge in [0.25, 0.3) is 0 Å². The van der Waals surface area contributed by atoms with Crippen molar-refractivity contribution in [2.45, 2.75) is 39.2 Å². The number of hydrogen-bond donors (Lipinski definition) is 1. The molecule has 6 heteroatoms. The number of fused-ring (bicyclic) bond motifs is 1. The van der Waals surface area contributed by atoms with Crippen molar-refractivity contribution >= 4 is 28.9 Å². The first-order chi connectivity index (χ1) is 10.1. The van der Waals surface area contributed by atoms with Crippen molar-refractivity contribution in [3.05, 3.63) is 39.9 Å². The zero-order valence-corrected chi connectivity index (χ0v) is 20.8. The van der Waals surface area contributed by atoms with Gasteiger partial charge in [-0.25, -0.2) is 0 Å². The average molecular weight is 480 g/mol. The topological polar surface area (TPSA) is 30.5 Å². The predicted octanol–water partition coefficient (Wildman–Crippen LogP) is 4.31. The Bertz CT molecular complexity index is 817. The zero-order chi connectivity index (χ0) is 17.8. The SMILES string of the molecule is C[O][Zr]([CH3])([CH3])(=[SiH2])([NH]C(C)(C)C)([O]C)[CH]1C(Br)=Cc2ccccc21. The van der Waals surface area contributed by atoms with Crippen LogP contribution in [0.5, 0.6) is 0 Å². The van der Waals surface area contributed by atoms with Crippen LogP contribution in [0, 0.1) is 0 Å². The van der Waals surface area contributed by atoms with E-state index in [0.717, 1.165) is 4.48 Å². The summed E-state index contributed by atoms with van der Waals surface area (Å²) in [5.74, 6) is 0. The third kappa shape index (κ3) is 2.94. The molecule has 1 aromatic carbocycles. The van der Waals surface area contributed by atoms with Gasteiger partial charge in [0.1, 0.15) is 0 Å². The number of rotatable bonds is 4. The molecule has 1 aliphatic carbocycles. The van der Waals surface area contributed by atoms with Gasteiger partial charge >= 0.3 is 147 Å². The van der Waals surface area contributed by atoms with E-state index in [1.165, 1.54) is 11.1 Å². The average Bonchev–Trinajstić information content (AvgIpc) is 2.75. The molecule has 1 atom stereocenters. The van der Waals surface area contributed by atoms with Crippen LogP contribution in [0.25, 0.3) is 6.08 Å². The van der Waals surface area contributed by atoms with E-state index in [-0.39, 0.29) is 9.16 Å². The summed E-state index contributed by atoms with van der Waals surface area (Å²) in [6.07, 6.45) is 2.19. The number of nitrogens with one attached hydrogen (secondary N) is 1. The summed E-state index contributed by atoms with van der Waals surface area (Å²) in [6, 6.07) is 8.48. The van der Waals surface area contributed by atoms with Crippen LogP contribution in [0.3, 0.4) is 0 Å². The molecule has 130 valence electrons. The normalized spacial score (nSPS) is 23.2. The maximum atomic E-state index is 6.54. The molecule has 0 spiro atoms. The molecule has 0 amide bonds. The molecular formula is C17H30BrNO2SiZr. The van der Waals surface area contributed by atoms with Gasteiger partial charge in [-0.2, -0.15) is 0 Å². The van der Waals surface area contributed by atoms with Gasteiger partial charge in [-0.1, -0.05) is 0 Å². The third-order valence-electron chi connectivity index (χ3n) is 5.64. The molecule has 3 nitrogen and oxygen atoms in total. The van der Waals surface area contributed by atoms with E-state index in [0.29, 0.717) is 0 Å².